The van der Waals surface area contributed by atoms with Crippen LogP contribution in [0.4, 0.5) is 10.3 Å². The normalized spacial score (nSPS) is 14.2. The molecule has 0 amide bonds. The molecule has 2 atom stereocenters. The van der Waals surface area contributed by atoms with Crippen molar-refractivity contribution in [3.8, 4) is 11.3 Å². The van der Waals surface area contributed by atoms with E-state index in [9.17, 15) is 17.9 Å². The van der Waals surface area contributed by atoms with E-state index in [1.54, 1.807) is 6.08 Å². The van der Waals surface area contributed by atoms with Gasteiger partial charge in [0, 0.05) is 38.1 Å². The molecule has 1 heterocycles. The number of aliphatic hydroxyl groups excluding tert-OH is 2. The average Bonchev–Trinajstić information content (AvgIpc) is 2.75. The van der Waals surface area contributed by atoms with Crippen LogP contribution in [0.5, 0.6) is 0 Å². The van der Waals surface area contributed by atoms with Gasteiger partial charge in [0.25, 0.3) is 0 Å². The zero-order valence-electron chi connectivity index (χ0n) is 19.9. The predicted molar refractivity (Wildman–Crippen MR) is 128 cm³/mol. The van der Waals surface area contributed by atoms with Gasteiger partial charge in [-0.1, -0.05) is 26.0 Å². The van der Waals surface area contributed by atoms with E-state index < -0.39 is 34.3 Å². The number of anilines is 1. The van der Waals surface area contributed by atoms with Crippen LogP contribution in [0.25, 0.3) is 17.3 Å². The maximum Gasteiger partial charge on any atom is 0.239 e. The van der Waals surface area contributed by atoms with Gasteiger partial charge in [0.1, 0.15) is 5.82 Å². The molecule has 34 heavy (non-hydrogen) atoms. The van der Waals surface area contributed by atoms with Gasteiger partial charge in [-0.15, -0.1) is 0 Å². The molecule has 1 unspecified atom stereocenters. The van der Waals surface area contributed by atoms with Crippen molar-refractivity contribution >= 4 is 22.0 Å². The summed E-state index contributed by atoms with van der Waals surface area (Å²) in [6.45, 7) is 3.77. The molecule has 0 radical (unpaired) electrons. The van der Waals surface area contributed by atoms with Crippen LogP contribution in [0.3, 0.4) is 0 Å². The van der Waals surface area contributed by atoms with Gasteiger partial charge in [0.2, 0.25) is 16.0 Å². The Morgan fingerprint density at radius 1 is 1.12 bits per heavy atom. The summed E-state index contributed by atoms with van der Waals surface area (Å²) in [4.78, 5) is 8.94. The number of hydrogen-bond donors (Lipinski definition) is 3. The lowest BCUT2D eigenvalue weighted by Gasteiger charge is -2.21. The highest BCUT2D eigenvalue weighted by atomic mass is 32.2. The van der Waals surface area contributed by atoms with Gasteiger partial charge in [-0.05, 0) is 30.2 Å². The number of nitrogens with zero attached hydrogens (tertiary/aromatic N) is 3. The van der Waals surface area contributed by atoms with Crippen molar-refractivity contribution in [1.29, 1.82) is 0 Å². The molecule has 0 fully saturated rings. The largest absolute Gasteiger partial charge is 0.389 e. The monoisotopic (exact) mass is 497 g/mol. The maximum atomic E-state index is 13.6. The Labute approximate surface area is 199 Å². The maximum absolute atomic E-state index is 13.6. The molecule has 0 aliphatic heterocycles. The van der Waals surface area contributed by atoms with Gasteiger partial charge >= 0.3 is 0 Å². The van der Waals surface area contributed by atoms with Crippen molar-refractivity contribution in [2.24, 2.45) is 0 Å². The summed E-state index contributed by atoms with van der Waals surface area (Å²) in [5.74, 6) is -0.596. The zero-order valence-corrected chi connectivity index (χ0v) is 20.7. The predicted octanol–water partition coefficient (Wildman–Crippen LogP) is 2.28. The Morgan fingerprint density at radius 2 is 1.74 bits per heavy atom. The second kappa shape index (κ2) is 11.8. The summed E-state index contributed by atoms with van der Waals surface area (Å²) in [6.07, 6.45) is 1.11. The van der Waals surface area contributed by atoms with Gasteiger partial charge < -0.3 is 20.1 Å². The number of methoxy groups -OCH3 is 1. The minimum absolute atomic E-state index is 0.0281. The van der Waals surface area contributed by atoms with Crippen LogP contribution < -0.4 is 4.31 Å². The highest BCUT2D eigenvalue weighted by Crippen LogP contribution is 2.31. The van der Waals surface area contributed by atoms with Crippen LogP contribution in [0.2, 0.25) is 0 Å². The van der Waals surface area contributed by atoms with Crippen LogP contribution in [-0.2, 0) is 14.8 Å². The third-order valence-electron chi connectivity index (χ3n) is 5.20. The lowest BCUT2D eigenvalue weighted by atomic mass is 9.97. The number of halogens is 1. The molecule has 11 heteroatoms. The quantitative estimate of drug-likeness (QED) is 0.403. The van der Waals surface area contributed by atoms with Crippen LogP contribution in [-0.4, -0.2) is 72.6 Å². The molecule has 9 nitrogen and oxygen atoms in total. The van der Waals surface area contributed by atoms with Crippen molar-refractivity contribution < 1.29 is 32.9 Å². The van der Waals surface area contributed by atoms with E-state index >= 15 is 0 Å². The van der Waals surface area contributed by atoms with Gasteiger partial charge in [0.05, 0.1) is 29.9 Å². The van der Waals surface area contributed by atoms with Gasteiger partial charge in [-0.25, -0.2) is 27.1 Å². The van der Waals surface area contributed by atoms with Crippen molar-refractivity contribution in [1.82, 2.24) is 9.97 Å². The lowest BCUT2D eigenvalue weighted by Crippen LogP contribution is -2.27. The summed E-state index contributed by atoms with van der Waals surface area (Å²) < 4.78 is 43.9. The average molecular weight is 498 g/mol. The summed E-state index contributed by atoms with van der Waals surface area (Å²) >= 11 is 0. The van der Waals surface area contributed by atoms with Crippen LogP contribution in [0, 0.1) is 5.82 Å². The number of sulfonamides is 1. The Hall–Kier alpha value is -2.44. The highest BCUT2D eigenvalue weighted by Gasteiger charge is 2.22. The van der Waals surface area contributed by atoms with E-state index in [0.29, 0.717) is 22.5 Å². The van der Waals surface area contributed by atoms with E-state index in [0.717, 1.165) is 10.6 Å². The van der Waals surface area contributed by atoms with Crippen LogP contribution in [0.1, 0.15) is 43.9 Å². The Morgan fingerprint density at radius 3 is 2.24 bits per heavy atom. The Bertz CT molecular complexity index is 1090. The molecule has 2 rings (SSSR count). The molecule has 1 aromatic heterocycles. The minimum Gasteiger partial charge on any atom is -0.389 e. The van der Waals surface area contributed by atoms with Crippen LogP contribution in [0.15, 0.2) is 30.3 Å². The molecule has 0 saturated carbocycles. The number of aliphatic hydroxyl groups is 3. The van der Waals surface area contributed by atoms with Crippen LogP contribution >= 0.6 is 0 Å². The van der Waals surface area contributed by atoms with Gasteiger partial charge in [-0.2, -0.15) is 0 Å². The topological polar surface area (TPSA) is 133 Å². The first-order valence-corrected chi connectivity index (χ1v) is 12.5. The second-order valence-electron chi connectivity index (χ2n) is 8.30. The van der Waals surface area contributed by atoms with E-state index in [4.69, 9.17) is 14.9 Å². The lowest BCUT2D eigenvalue weighted by molar-refractivity contribution is -0.0818. The molecule has 0 saturated heterocycles. The van der Waals surface area contributed by atoms with Crippen molar-refractivity contribution in [3.63, 3.8) is 0 Å². The third kappa shape index (κ3) is 7.54. The molecule has 188 valence electrons. The fraction of sp³-hybridized carbons (Fsp3) is 0.478. The van der Waals surface area contributed by atoms with E-state index in [1.807, 2.05) is 13.8 Å². The number of aromatic nitrogens is 2. The van der Waals surface area contributed by atoms with Crippen molar-refractivity contribution in [3.05, 3.63) is 47.4 Å². The summed E-state index contributed by atoms with van der Waals surface area (Å²) in [6, 6.07) is 5.61. The first-order valence-electron chi connectivity index (χ1n) is 10.7. The SMILES string of the molecule is COC(CC(O)O)C[C@H](O)/C=C/c1c(-c2ccc(F)cc2)nc(N(C)S(C)(=O)=O)nc1C(C)C. The van der Waals surface area contributed by atoms with E-state index in [-0.39, 0.29) is 24.7 Å². The van der Waals surface area contributed by atoms with Gasteiger partial charge in [0.15, 0.2) is 6.29 Å². The fourth-order valence-electron chi connectivity index (χ4n) is 3.27. The minimum atomic E-state index is -3.63. The Balaban J connectivity index is 2.60. The van der Waals surface area contributed by atoms with E-state index in [1.165, 1.54) is 44.5 Å². The van der Waals surface area contributed by atoms with Crippen molar-refractivity contribution in [2.75, 3.05) is 24.7 Å². The number of ether oxygens (including phenoxy) is 1. The first-order chi connectivity index (χ1) is 15.8. The molecule has 0 spiro atoms. The van der Waals surface area contributed by atoms with Gasteiger partial charge in [-0.3, -0.25) is 0 Å². The molecule has 1 aromatic carbocycles. The zero-order chi connectivity index (χ0) is 25.6. The first kappa shape index (κ1) is 27.8. The van der Waals surface area contributed by atoms with E-state index in [2.05, 4.69) is 9.97 Å². The van der Waals surface area contributed by atoms with Crippen molar-refractivity contribution in [2.45, 2.75) is 51.1 Å². The second-order valence-corrected chi connectivity index (χ2v) is 10.3. The molecule has 3 N–H and O–H groups in total. The molecule has 0 aliphatic rings. The molecule has 2 aromatic rings. The Kier molecular flexibility index (Phi) is 9.65. The number of hydrogen-bond acceptors (Lipinski definition) is 8. The number of rotatable bonds is 11. The molecular weight excluding hydrogens is 465 g/mol. The smallest absolute Gasteiger partial charge is 0.239 e. The molecule has 0 bridgehead atoms. The standard InChI is InChI=1S/C23H32FN3O6S/c1-14(2)21-19(11-10-17(28)12-18(33-4)13-20(29)30)22(15-6-8-16(24)9-7-15)26-23(25-21)27(3)34(5,31)32/h6-11,14,17-18,20,28-30H,12-13H2,1-5H3/b11-10+/t17-,18?/m1/s1. The molecular formula is C23H32FN3O6S. The summed E-state index contributed by atoms with van der Waals surface area (Å²) in [5, 5.41) is 28.8. The summed E-state index contributed by atoms with van der Waals surface area (Å²) in [7, 11) is -0.869. The third-order valence-corrected chi connectivity index (χ3v) is 6.36. The fourth-order valence-corrected chi connectivity index (χ4v) is 3.65. The molecule has 0 aliphatic carbocycles. The number of benzene rings is 1. The highest BCUT2D eigenvalue weighted by molar-refractivity contribution is 7.92. The summed E-state index contributed by atoms with van der Waals surface area (Å²) in [5.41, 5.74) is 2.00.